The summed E-state index contributed by atoms with van der Waals surface area (Å²) in [5.41, 5.74) is 1.01. The average molecular weight is 108 g/mol. The van der Waals surface area contributed by atoms with Gasteiger partial charge >= 0.3 is 0 Å². The van der Waals surface area contributed by atoms with Crippen molar-refractivity contribution in [2.75, 3.05) is 0 Å². The molecule has 2 heteroatoms. The van der Waals surface area contributed by atoms with Crippen molar-refractivity contribution >= 4 is 11.9 Å². The lowest BCUT2D eigenvalue weighted by molar-refractivity contribution is 0.896. The van der Waals surface area contributed by atoms with Crippen molar-refractivity contribution in [1.82, 2.24) is 0 Å². The molecule has 2 unspecified atom stereocenters. The van der Waals surface area contributed by atoms with Gasteiger partial charge in [-0.15, -0.1) is 0 Å². The van der Waals surface area contributed by atoms with Crippen LogP contribution in [-0.4, -0.2) is 18.0 Å². The fraction of sp³-hybridized carbons (Fsp3) is 0.667. The highest BCUT2D eigenvalue weighted by atomic mass is 14.9. The van der Waals surface area contributed by atoms with E-state index < -0.39 is 0 Å². The molecule has 0 aromatic rings. The summed E-state index contributed by atoms with van der Waals surface area (Å²) in [6.07, 6.45) is 3.75. The standard InChI is InChI=1S/C6H8N2/c7-3-5-1-4-2-6(4)8-5/h3-4,6-7H,1-2H2. The quantitative estimate of drug-likeness (QED) is 0.484. The second-order valence-electron chi connectivity index (χ2n) is 2.53. The third-order valence-corrected chi connectivity index (χ3v) is 1.85. The smallest absolute Gasteiger partial charge is 0.0539 e. The van der Waals surface area contributed by atoms with Crippen molar-refractivity contribution in [3.8, 4) is 0 Å². The maximum Gasteiger partial charge on any atom is 0.0539 e. The summed E-state index contributed by atoms with van der Waals surface area (Å²) in [7, 11) is 0. The van der Waals surface area contributed by atoms with Crippen LogP contribution >= 0.6 is 0 Å². The van der Waals surface area contributed by atoms with E-state index in [1.807, 2.05) is 0 Å². The lowest BCUT2D eigenvalue weighted by atomic mass is 10.2. The van der Waals surface area contributed by atoms with Crippen molar-refractivity contribution in [3.05, 3.63) is 0 Å². The summed E-state index contributed by atoms with van der Waals surface area (Å²) >= 11 is 0. The van der Waals surface area contributed by atoms with Gasteiger partial charge in [0.05, 0.1) is 11.8 Å². The summed E-state index contributed by atoms with van der Waals surface area (Å²) in [4.78, 5) is 4.25. The van der Waals surface area contributed by atoms with Crippen LogP contribution in [0.4, 0.5) is 0 Å². The fourth-order valence-electron chi connectivity index (χ4n) is 1.24. The van der Waals surface area contributed by atoms with Crippen molar-refractivity contribution in [2.45, 2.75) is 18.9 Å². The van der Waals surface area contributed by atoms with Crippen LogP contribution in [0, 0.1) is 11.3 Å². The Bertz CT molecular complexity index is 160. The summed E-state index contributed by atoms with van der Waals surface area (Å²) in [6, 6.07) is 0.631. The zero-order chi connectivity index (χ0) is 5.56. The highest BCUT2D eigenvalue weighted by molar-refractivity contribution is 6.30. The molecule has 2 nitrogen and oxygen atoms in total. The predicted octanol–water partition coefficient (Wildman–Crippen LogP) is 0.869. The van der Waals surface area contributed by atoms with E-state index in [1.165, 1.54) is 12.6 Å². The summed E-state index contributed by atoms with van der Waals surface area (Å²) in [5, 5.41) is 6.85. The first-order valence-electron chi connectivity index (χ1n) is 2.97. The van der Waals surface area contributed by atoms with E-state index in [9.17, 15) is 0 Å². The zero-order valence-corrected chi connectivity index (χ0v) is 4.59. The average Bonchev–Trinajstić information content (AvgIpc) is 2.40. The molecule has 1 fully saturated rings. The molecule has 0 saturated heterocycles. The first-order valence-corrected chi connectivity index (χ1v) is 2.97. The fourth-order valence-corrected chi connectivity index (χ4v) is 1.24. The Morgan fingerprint density at radius 2 is 2.62 bits per heavy atom. The number of rotatable bonds is 1. The molecule has 2 atom stereocenters. The molecule has 0 radical (unpaired) electrons. The molecule has 2 rings (SSSR count). The molecule has 0 aromatic heterocycles. The van der Waals surface area contributed by atoms with Gasteiger partial charge in [0.1, 0.15) is 0 Å². The van der Waals surface area contributed by atoms with E-state index >= 15 is 0 Å². The number of fused-ring (bicyclic) bond motifs is 1. The molecule has 1 aliphatic carbocycles. The maximum absolute atomic E-state index is 6.85. The number of nitrogens with zero attached hydrogens (tertiary/aromatic N) is 1. The first-order chi connectivity index (χ1) is 3.90. The highest BCUT2D eigenvalue weighted by Crippen LogP contribution is 2.41. The topological polar surface area (TPSA) is 36.2 Å². The number of aliphatic imine (C=N–C) groups is 1. The summed E-state index contributed by atoms with van der Waals surface area (Å²) in [5.74, 6) is 0.839. The van der Waals surface area contributed by atoms with Gasteiger partial charge in [0.2, 0.25) is 0 Å². The Labute approximate surface area is 48.1 Å². The van der Waals surface area contributed by atoms with Gasteiger partial charge in [-0.05, 0) is 18.8 Å². The third-order valence-electron chi connectivity index (χ3n) is 1.85. The van der Waals surface area contributed by atoms with Gasteiger partial charge in [0.25, 0.3) is 0 Å². The van der Waals surface area contributed by atoms with Crippen LogP contribution in [0.1, 0.15) is 12.8 Å². The minimum atomic E-state index is 0.631. The van der Waals surface area contributed by atoms with Crippen LogP contribution < -0.4 is 0 Å². The van der Waals surface area contributed by atoms with Crippen LogP contribution in [0.2, 0.25) is 0 Å². The van der Waals surface area contributed by atoms with E-state index in [4.69, 9.17) is 5.41 Å². The Morgan fingerprint density at radius 1 is 1.75 bits per heavy atom. The minimum absolute atomic E-state index is 0.631. The molecule has 1 N–H and O–H groups in total. The van der Waals surface area contributed by atoms with Gasteiger partial charge in [-0.2, -0.15) is 0 Å². The van der Waals surface area contributed by atoms with Crippen LogP contribution in [-0.2, 0) is 0 Å². The molecular formula is C6H8N2. The van der Waals surface area contributed by atoms with Gasteiger partial charge in [-0.25, -0.2) is 0 Å². The van der Waals surface area contributed by atoms with E-state index in [2.05, 4.69) is 4.99 Å². The molecule has 42 valence electrons. The monoisotopic (exact) mass is 108 g/mol. The Hall–Kier alpha value is -0.660. The van der Waals surface area contributed by atoms with Crippen LogP contribution in [0.3, 0.4) is 0 Å². The van der Waals surface area contributed by atoms with E-state index in [0.29, 0.717) is 6.04 Å². The van der Waals surface area contributed by atoms with Gasteiger partial charge in [0.15, 0.2) is 0 Å². The van der Waals surface area contributed by atoms with Crippen molar-refractivity contribution in [3.63, 3.8) is 0 Å². The molecule has 1 saturated carbocycles. The summed E-state index contributed by atoms with van der Waals surface area (Å²) in [6.45, 7) is 0. The molecule has 2 aliphatic rings. The Kier molecular flexibility index (Phi) is 0.629. The molecule has 1 aliphatic heterocycles. The zero-order valence-electron chi connectivity index (χ0n) is 4.59. The molecule has 0 spiro atoms. The molecule has 0 aromatic carbocycles. The molecule has 0 bridgehead atoms. The van der Waals surface area contributed by atoms with Crippen LogP contribution in [0.15, 0.2) is 4.99 Å². The Morgan fingerprint density at radius 3 is 3.00 bits per heavy atom. The Balaban J connectivity index is 2.17. The normalized spacial score (nSPS) is 40.8. The second kappa shape index (κ2) is 1.19. The largest absolute Gasteiger partial charge is 0.307 e. The van der Waals surface area contributed by atoms with Crippen molar-refractivity contribution < 1.29 is 0 Å². The summed E-state index contributed by atoms with van der Waals surface area (Å²) < 4.78 is 0. The van der Waals surface area contributed by atoms with Crippen molar-refractivity contribution in [1.29, 1.82) is 5.41 Å². The predicted molar refractivity (Wildman–Crippen MR) is 32.7 cm³/mol. The number of nitrogens with one attached hydrogen (secondary N) is 1. The van der Waals surface area contributed by atoms with E-state index in [0.717, 1.165) is 18.1 Å². The van der Waals surface area contributed by atoms with Gasteiger partial charge in [0, 0.05) is 6.21 Å². The first kappa shape index (κ1) is 4.24. The molecule has 0 amide bonds. The molecular weight excluding hydrogens is 100 g/mol. The van der Waals surface area contributed by atoms with Crippen LogP contribution in [0.5, 0.6) is 0 Å². The third kappa shape index (κ3) is 0.427. The maximum atomic E-state index is 6.85. The lowest BCUT2D eigenvalue weighted by Gasteiger charge is -1.86. The van der Waals surface area contributed by atoms with E-state index in [-0.39, 0.29) is 0 Å². The SMILES string of the molecule is N=CC1=NC2CC2C1. The van der Waals surface area contributed by atoms with Gasteiger partial charge < -0.3 is 5.41 Å². The molecule has 1 heterocycles. The number of hydrogen-bond acceptors (Lipinski definition) is 2. The second-order valence-corrected chi connectivity index (χ2v) is 2.53. The van der Waals surface area contributed by atoms with E-state index in [1.54, 1.807) is 0 Å². The highest BCUT2D eigenvalue weighted by Gasteiger charge is 2.41. The molecule has 8 heavy (non-hydrogen) atoms. The van der Waals surface area contributed by atoms with Crippen LogP contribution in [0.25, 0.3) is 0 Å². The number of hydrogen-bond donors (Lipinski definition) is 1. The van der Waals surface area contributed by atoms with Gasteiger partial charge in [-0.1, -0.05) is 0 Å². The lowest BCUT2D eigenvalue weighted by Crippen LogP contribution is -1.94. The van der Waals surface area contributed by atoms with Gasteiger partial charge in [-0.3, -0.25) is 4.99 Å². The minimum Gasteiger partial charge on any atom is -0.307 e. The van der Waals surface area contributed by atoms with Crippen molar-refractivity contribution in [2.24, 2.45) is 10.9 Å².